The topological polar surface area (TPSA) is 77.4 Å². The number of nitrogens with one attached hydrogen (secondary N) is 2. The van der Waals surface area contributed by atoms with E-state index in [1.54, 1.807) is 24.3 Å². The molecule has 1 saturated heterocycles. The van der Waals surface area contributed by atoms with E-state index in [4.69, 9.17) is 9.47 Å². The molecule has 2 aliphatic heterocycles. The minimum atomic E-state index is -4.52. The van der Waals surface area contributed by atoms with Gasteiger partial charge in [0.2, 0.25) is 0 Å². The Hall–Kier alpha value is -2.75. The van der Waals surface area contributed by atoms with Crippen LogP contribution in [0.15, 0.2) is 30.5 Å². The molecule has 1 aromatic heterocycles. The maximum absolute atomic E-state index is 13.8. The van der Waals surface area contributed by atoms with Crippen LogP contribution in [0.2, 0.25) is 0 Å². The molecule has 3 atom stereocenters. The highest BCUT2D eigenvalue weighted by Crippen LogP contribution is 2.45. The van der Waals surface area contributed by atoms with Crippen LogP contribution in [0.3, 0.4) is 0 Å². The zero-order valence-corrected chi connectivity index (χ0v) is 16.4. The molecule has 2 N–H and O–H groups in total. The fourth-order valence-electron chi connectivity index (χ4n) is 3.99. The van der Waals surface area contributed by atoms with Crippen molar-refractivity contribution in [1.29, 1.82) is 0 Å². The molecule has 0 unspecified atom stereocenters. The Morgan fingerprint density at radius 2 is 2.20 bits per heavy atom. The Balaban J connectivity index is 1.63. The molecule has 1 fully saturated rings. The lowest BCUT2D eigenvalue weighted by molar-refractivity contribution is -0.173. The van der Waals surface area contributed by atoms with E-state index in [0.29, 0.717) is 24.5 Å². The summed E-state index contributed by atoms with van der Waals surface area (Å²) in [6.07, 6.45) is -1.91. The van der Waals surface area contributed by atoms with Crippen molar-refractivity contribution in [2.45, 2.75) is 43.6 Å². The lowest BCUT2D eigenvalue weighted by atomic mass is 9.95. The van der Waals surface area contributed by atoms with Gasteiger partial charge in [-0.05, 0) is 18.9 Å². The fraction of sp³-hybridized carbons (Fsp3) is 0.500. The van der Waals surface area contributed by atoms with Crippen molar-refractivity contribution in [2.75, 3.05) is 25.6 Å². The number of carbonyl (C=O) groups is 1. The number of nitrogens with zero attached hydrogens (tertiary/aromatic N) is 2. The van der Waals surface area contributed by atoms with Crippen LogP contribution in [0.1, 0.15) is 47.3 Å². The monoisotopic (exact) mass is 424 g/mol. The van der Waals surface area contributed by atoms with E-state index in [-0.39, 0.29) is 23.9 Å². The second-order valence-corrected chi connectivity index (χ2v) is 7.43. The first-order chi connectivity index (χ1) is 14.4. The van der Waals surface area contributed by atoms with Gasteiger partial charge >= 0.3 is 6.18 Å². The molecule has 10 heteroatoms. The number of hydrogen-bond donors (Lipinski definition) is 2. The predicted octanol–water partition coefficient (Wildman–Crippen LogP) is 3.46. The highest BCUT2D eigenvalue weighted by Gasteiger charge is 2.47. The molecule has 3 heterocycles. The van der Waals surface area contributed by atoms with Gasteiger partial charge in [-0.3, -0.25) is 4.79 Å². The van der Waals surface area contributed by atoms with Crippen LogP contribution in [0.25, 0.3) is 0 Å². The molecule has 0 bridgehead atoms. The molecular formula is C20H23F3N4O3. The Morgan fingerprint density at radius 1 is 1.40 bits per heavy atom. The third kappa shape index (κ3) is 3.96. The highest BCUT2D eigenvalue weighted by atomic mass is 19.4. The van der Waals surface area contributed by atoms with Crippen molar-refractivity contribution in [3.05, 3.63) is 41.6 Å². The summed E-state index contributed by atoms with van der Waals surface area (Å²) in [7, 11) is 1.47. The first-order valence-corrected chi connectivity index (χ1v) is 9.82. The Morgan fingerprint density at radius 3 is 2.90 bits per heavy atom. The first-order valence-electron chi connectivity index (χ1n) is 9.82. The van der Waals surface area contributed by atoms with Crippen molar-refractivity contribution in [1.82, 2.24) is 15.1 Å². The fourth-order valence-corrected chi connectivity index (χ4v) is 3.99. The van der Waals surface area contributed by atoms with Crippen LogP contribution < -0.4 is 15.4 Å². The molecule has 2 aliphatic rings. The third-order valence-electron chi connectivity index (χ3n) is 5.51. The third-order valence-corrected chi connectivity index (χ3v) is 5.51. The minimum Gasteiger partial charge on any atom is -0.496 e. The number of anilines is 1. The molecule has 0 radical (unpaired) electrons. The second kappa shape index (κ2) is 8.17. The molecule has 30 heavy (non-hydrogen) atoms. The summed E-state index contributed by atoms with van der Waals surface area (Å²) in [6, 6.07) is 4.35. The number of rotatable bonds is 5. The number of fused-ring (bicyclic) bond motifs is 1. The smallest absolute Gasteiger partial charge is 0.410 e. The summed E-state index contributed by atoms with van der Waals surface area (Å²) < 4.78 is 53.1. The number of alkyl halides is 3. The highest BCUT2D eigenvalue weighted by molar-refractivity contribution is 5.98. The quantitative estimate of drug-likeness (QED) is 0.769. The summed E-state index contributed by atoms with van der Waals surface area (Å²) >= 11 is 0. The van der Waals surface area contributed by atoms with Crippen LogP contribution in [0.4, 0.5) is 19.0 Å². The molecule has 0 saturated carbocycles. The molecule has 2 aromatic rings. The van der Waals surface area contributed by atoms with Crippen LogP contribution in [-0.2, 0) is 4.74 Å². The number of ether oxygens (including phenoxy) is 2. The molecule has 4 rings (SSSR count). The van der Waals surface area contributed by atoms with Gasteiger partial charge in [-0.2, -0.15) is 18.3 Å². The van der Waals surface area contributed by atoms with Crippen LogP contribution in [0.5, 0.6) is 5.75 Å². The molecule has 162 valence electrons. The lowest BCUT2D eigenvalue weighted by Gasteiger charge is -2.34. The Bertz CT molecular complexity index is 909. The van der Waals surface area contributed by atoms with Crippen molar-refractivity contribution >= 4 is 11.7 Å². The Labute approximate surface area is 171 Å². The number of aromatic nitrogens is 2. The first kappa shape index (κ1) is 20.5. The van der Waals surface area contributed by atoms with Crippen LogP contribution in [-0.4, -0.2) is 48.2 Å². The number of methoxy groups -OCH3 is 1. The normalized spacial score (nSPS) is 23.5. The van der Waals surface area contributed by atoms with E-state index in [2.05, 4.69) is 15.7 Å². The zero-order chi connectivity index (χ0) is 21.3. The van der Waals surface area contributed by atoms with E-state index in [9.17, 15) is 18.0 Å². The maximum atomic E-state index is 13.8. The number of hydrogen-bond acceptors (Lipinski definition) is 5. The largest absolute Gasteiger partial charge is 0.496 e. The van der Waals surface area contributed by atoms with Gasteiger partial charge in [0.25, 0.3) is 5.91 Å². The van der Waals surface area contributed by atoms with E-state index in [1.807, 2.05) is 0 Å². The van der Waals surface area contributed by atoms with Gasteiger partial charge in [0, 0.05) is 25.1 Å². The molecule has 0 aliphatic carbocycles. The zero-order valence-electron chi connectivity index (χ0n) is 16.4. The average molecular weight is 424 g/mol. The van der Waals surface area contributed by atoms with Gasteiger partial charge < -0.3 is 20.1 Å². The number of benzene rings is 1. The molecule has 1 amide bonds. The second-order valence-electron chi connectivity index (χ2n) is 7.43. The summed E-state index contributed by atoms with van der Waals surface area (Å²) in [5.74, 6) is 0.0402. The predicted molar refractivity (Wildman–Crippen MR) is 103 cm³/mol. The summed E-state index contributed by atoms with van der Waals surface area (Å²) in [4.78, 5) is 12.7. The minimum absolute atomic E-state index is 0.0457. The van der Waals surface area contributed by atoms with E-state index < -0.39 is 24.2 Å². The average Bonchev–Trinajstić information content (AvgIpc) is 3.40. The van der Waals surface area contributed by atoms with E-state index >= 15 is 0 Å². The lowest BCUT2D eigenvalue weighted by Crippen LogP contribution is -2.37. The molecule has 7 nitrogen and oxygen atoms in total. The van der Waals surface area contributed by atoms with Gasteiger partial charge in [-0.1, -0.05) is 18.2 Å². The number of halogens is 3. The van der Waals surface area contributed by atoms with Crippen molar-refractivity contribution < 1.29 is 27.4 Å². The summed E-state index contributed by atoms with van der Waals surface area (Å²) in [6.45, 7) is 0.960. The van der Waals surface area contributed by atoms with Gasteiger partial charge in [0.1, 0.15) is 17.1 Å². The molecule has 1 aromatic carbocycles. The van der Waals surface area contributed by atoms with E-state index in [1.165, 1.54) is 13.3 Å². The number of carbonyl (C=O) groups excluding carboxylic acids is 1. The van der Waals surface area contributed by atoms with Crippen molar-refractivity contribution in [3.63, 3.8) is 0 Å². The molecular weight excluding hydrogens is 401 g/mol. The number of amides is 1. The summed E-state index contributed by atoms with van der Waals surface area (Å²) in [5, 5.41) is 9.71. The van der Waals surface area contributed by atoms with Gasteiger partial charge in [0.15, 0.2) is 6.04 Å². The maximum Gasteiger partial charge on any atom is 0.410 e. The van der Waals surface area contributed by atoms with Crippen molar-refractivity contribution in [2.24, 2.45) is 0 Å². The summed E-state index contributed by atoms with van der Waals surface area (Å²) in [5.41, 5.74) is 0.661. The van der Waals surface area contributed by atoms with Crippen molar-refractivity contribution in [3.8, 4) is 5.75 Å². The van der Waals surface area contributed by atoms with Crippen LogP contribution in [0, 0.1) is 0 Å². The SMILES string of the molecule is COc1ccccc1[C@H]1C[C@@H](C(F)(F)F)n2ncc(C(=O)NC[C@@H]3CCCO3)c2N1. The van der Waals surface area contributed by atoms with E-state index in [0.717, 1.165) is 17.5 Å². The number of para-hydroxylation sites is 1. The standard InChI is InChI=1S/C20H23F3N4O3/c1-29-16-7-3-2-6-13(16)15-9-17(20(21,22)23)27-18(26-15)14(11-25-27)19(28)24-10-12-5-4-8-30-12/h2-3,6-7,11-12,15,17,26H,4-5,8-10H2,1H3,(H,24,28)/t12-,15+,17-/m0/s1. The van der Waals surface area contributed by atoms with Gasteiger partial charge in [0.05, 0.1) is 25.5 Å². The van der Waals surface area contributed by atoms with Gasteiger partial charge in [-0.25, -0.2) is 4.68 Å². The van der Waals surface area contributed by atoms with Crippen LogP contribution >= 0.6 is 0 Å². The Kier molecular flexibility index (Phi) is 5.59. The van der Waals surface area contributed by atoms with Gasteiger partial charge in [-0.15, -0.1) is 0 Å². The molecule has 0 spiro atoms.